The van der Waals surface area contributed by atoms with Crippen LogP contribution in [0.1, 0.15) is 28.7 Å². The normalized spacial score (nSPS) is 19.6. The molecule has 0 spiro atoms. The Morgan fingerprint density at radius 2 is 1.30 bits per heavy atom. The second-order valence-corrected chi connectivity index (χ2v) is 10.4. The van der Waals surface area contributed by atoms with Crippen LogP contribution in [0.2, 0.25) is 0 Å². The van der Waals surface area contributed by atoms with Crippen LogP contribution in [0.5, 0.6) is 0 Å². The van der Waals surface area contributed by atoms with Crippen molar-refractivity contribution >= 4 is 17.2 Å². The SMILES string of the molecule is Cc1ccc2c(c1)CCC(C1=c3ccccc3=C(c3ccc(-c4ccncc4)cc3)C3C=CC=CC13)=C2. The monoisotopic (exact) mass is 475 g/mol. The van der Waals surface area contributed by atoms with Crippen molar-refractivity contribution in [2.24, 2.45) is 11.8 Å². The average molecular weight is 476 g/mol. The molecule has 0 amide bonds. The first-order valence-corrected chi connectivity index (χ1v) is 13.3. The van der Waals surface area contributed by atoms with Gasteiger partial charge in [-0.25, -0.2) is 0 Å². The second-order valence-electron chi connectivity index (χ2n) is 10.4. The van der Waals surface area contributed by atoms with Crippen LogP contribution in [0.4, 0.5) is 0 Å². The van der Waals surface area contributed by atoms with E-state index in [1.54, 1.807) is 0 Å². The topological polar surface area (TPSA) is 12.9 Å². The summed E-state index contributed by atoms with van der Waals surface area (Å²) in [7, 11) is 0. The highest BCUT2D eigenvalue weighted by atomic mass is 14.6. The van der Waals surface area contributed by atoms with Crippen molar-refractivity contribution in [2.45, 2.75) is 19.8 Å². The zero-order chi connectivity index (χ0) is 24.8. The van der Waals surface area contributed by atoms with E-state index in [0.29, 0.717) is 11.8 Å². The second kappa shape index (κ2) is 9.01. The maximum Gasteiger partial charge on any atom is 0.0273 e. The van der Waals surface area contributed by atoms with Crippen molar-refractivity contribution in [1.82, 2.24) is 4.98 Å². The lowest BCUT2D eigenvalue weighted by Gasteiger charge is -2.35. The molecule has 1 nitrogen and oxygen atoms in total. The molecule has 1 aromatic heterocycles. The van der Waals surface area contributed by atoms with Gasteiger partial charge in [-0.15, -0.1) is 0 Å². The number of aromatic nitrogens is 1. The van der Waals surface area contributed by atoms with Gasteiger partial charge in [0.2, 0.25) is 0 Å². The van der Waals surface area contributed by atoms with Crippen molar-refractivity contribution in [2.75, 3.05) is 0 Å². The van der Waals surface area contributed by atoms with Crippen LogP contribution >= 0.6 is 0 Å². The van der Waals surface area contributed by atoms with Crippen molar-refractivity contribution in [3.05, 3.63) is 154 Å². The molecular formula is C36H29N. The summed E-state index contributed by atoms with van der Waals surface area (Å²) in [5.41, 5.74) is 12.4. The molecule has 0 saturated heterocycles. The van der Waals surface area contributed by atoms with Crippen LogP contribution in [0.25, 0.3) is 28.3 Å². The molecular weight excluding hydrogens is 446 g/mol. The Labute approximate surface area is 218 Å². The Hall–Kier alpha value is -4.23. The molecule has 4 aromatic rings. The Balaban J connectivity index is 1.44. The van der Waals surface area contributed by atoms with Crippen molar-refractivity contribution in [3.8, 4) is 11.1 Å². The molecule has 0 fully saturated rings. The van der Waals surface area contributed by atoms with Crippen LogP contribution in [-0.4, -0.2) is 4.98 Å². The number of pyridine rings is 1. The highest BCUT2D eigenvalue weighted by Crippen LogP contribution is 2.43. The van der Waals surface area contributed by atoms with Crippen LogP contribution < -0.4 is 10.4 Å². The number of aryl methyl sites for hydroxylation is 2. The lowest BCUT2D eigenvalue weighted by atomic mass is 9.68. The first-order chi connectivity index (χ1) is 18.3. The predicted molar refractivity (Wildman–Crippen MR) is 154 cm³/mol. The van der Waals surface area contributed by atoms with E-state index in [9.17, 15) is 0 Å². The fourth-order valence-electron chi connectivity index (χ4n) is 6.43. The lowest BCUT2D eigenvalue weighted by molar-refractivity contribution is 0.679. The minimum Gasteiger partial charge on any atom is -0.265 e. The molecule has 7 rings (SSSR count). The molecule has 2 atom stereocenters. The highest BCUT2D eigenvalue weighted by molar-refractivity contribution is 5.85. The average Bonchev–Trinajstić information content (AvgIpc) is 2.96. The van der Waals surface area contributed by atoms with E-state index in [4.69, 9.17) is 0 Å². The Kier molecular flexibility index (Phi) is 5.36. The molecule has 0 saturated carbocycles. The highest BCUT2D eigenvalue weighted by Gasteiger charge is 2.33. The summed E-state index contributed by atoms with van der Waals surface area (Å²) in [5.74, 6) is 0.662. The molecule has 0 aliphatic heterocycles. The van der Waals surface area contributed by atoms with Gasteiger partial charge in [0, 0.05) is 24.2 Å². The van der Waals surface area contributed by atoms with E-state index in [1.165, 1.54) is 60.5 Å². The number of fused-ring (bicyclic) bond motifs is 3. The summed E-state index contributed by atoms with van der Waals surface area (Å²) < 4.78 is 0. The van der Waals surface area contributed by atoms with E-state index in [1.807, 2.05) is 12.4 Å². The van der Waals surface area contributed by atoms with Crippen LogP contribution in [0, 0.1) is 18.8 Å². The maximum absolute atomic E-state index is 4.17. The lowest BCUT2D eigenvalue weighted by Crippen LogP contribution is -2.40. The number of hydrogen-bond acceptors (Lipinski definition) is 1. The van der Waals surface area contributed by atoms with Gasteiger partial charge in [0.05, 0.1) is 0 Å². The van der Waals surface area contributed by atoms with Gasteiger partial charge in [-0.3, -0.25) is 4.98 Å². The molecule has 2 unspecified atom stereocenters. The summed E-state index contributed by atoms with van der Waals surface area (Å²) in [5, 5.41) is 2.75. The Morgan fingerprint density at radius 3 is 2.05 bits per heavy atom. The van der Waals surface area contributed by atoms with E-state index in [2.05, 4.69) is 121 Å². The van der Waals surface area contributed by atoms with Crippen LogP contribution in [0.3, 0.4) is 0 Å². The summed E-state index contributed by atoms with van der Waals surface area (Å²) in [4.78, 5) is 4.17. The third kappa shape index (κ3) is 3.83. The molecule has 3 aromatic carbocycles. The molecule has 3 aliphatic rings. The van der Waals surface area contributed by atoms with Crippen LogP contribution in [-0.2, 0) is 6.42 Å². The first kappa shape index (κ1) is 22.0. The molecule has 3 aliphatic carbocycles. The van der Waals surface area contributed by atoms with Crippen molar-refractivity contribution < 1.29 is 0 Å². The smallest absolute Gasteiger partial charge is 0.0273 e. The third-order valence-corrected chi connectivity index (χ3v) is 8.16. The summed E-state index contributed by atoms with van der Waals surface area (Å²) >= 11 is 0. The number of hydrogen-bond donors (Lipinski definition) is 0. The molecule has 0 bridgehead atoms. The van der Waals surface area contributed by atoms with Gasteiger partial charge >= 0.3 is 0 Å². The molecule has 0 N–H and O–H groups in total. The standard InChI is InChI=1S/C36H29N/c1-24-10-11-29-23-30(17-16-28(29)22-24)36-33-8-4-2-6-31(33)35(32-7-3-5-9-34(32)36)27-14-12-25(13-15-27)26-18-20-37-21-19-26/h2-15,18-23,31,33H,16-17H2,1H3. The molecule has 37 heavy (non-hydrogen) atoms. The van der Waals surface area contributed by atoms with Gasteiger partial charge in [-0.2, -0.15) is 0 Å². The molecule has 1 heterocycles. The number of benzene rings is 3. The van der Waals surface area contributed by atoms with Crippen molar-refractivity contribution in [1.29, 1.82) is 0 Å². The maximum atomic E-state index is 4.17. The van der Waals surface area contributed by atoms with Gasteiger partial charge in [0.1, 0.15) is 0 Å². The largest absolute Gasteiger partial charge is 0.265 e. The first-order valence-electron chi connectivity index (χ1n) is 13.3. The number of rotatable bonds is 3. The Bertz CT molecular complexity index is 1720. The third-order valence-electron chi connectivity index (χ3n) is 8.16. The van der Waals surface area contributed by atoms with E-state index < -0.39 is 0 Å². The zero-order valence-corrected chi connectivity index (χ0v) is 21.1. The molecule has 0 radical (unpaired) electrons. The van der Waals surface area contributed by atoms with Gasteiger partial charge < -0.3 is 0 Å². The fourth-order valence-corrected chi connectivity index (χ4v) is 6.43. The van der Waals surface area contributed by atoms with Gasteiger partial charge in [0.25, 0.3) is 0 Å². The van der Waals surface area contributed by atoms with E-state index in [0.717, 1.165) is 12.8 Å². The van der Waals surface area contributed by atoms with Gasteiger partial charge in [-0.05, 0) is 86.9 Å². The zero-order valence-electron chi connectivity index (χ0n) is 21.1. The van der Waals surface area contributed by atoms with E-state index in [-0.39, 0.29) is 0 Å². The minimum atomic E-state index is 0.321. The van der Waals surface area contributed by atoms with E-state index >= 15 is 0 Å². The van der Waals surface area contributed by atoms with Crippen LogP contribution in [0.15, 0.2) is 121 Å². The van der Waals surface area contributed by atoms with Gasteiger partial charge in [-0.1, -0.05) is 103 Å². The van der Waals surface area contributed by atoms with Gasteiger partial charge in [0.15, 0.2) is 0 Å². The number of nitrogens with zero attached hydrogens (tertiary/aromatic N) is 1. The van der Waals surface area contributed by atoms with Crippen molar-refractivity contribution in [3.63, 3.8) is 0 Å². The number of allylic oxidation sites excluding steroid dienone is 5. The summed E-state index contributed by atoms with van der Waals surface area (Å²) in [6.07, 6.45) is 17.7. The molecule has 178 valence electrons. The fraction of sp³-hybridized carbons (Fsp3) is 0.139. The minimum absolute atomic E-state index is 0.321. The Morgan fingerprint density at radius 1 is 0.649 bits per heavy atom. The summed E-state index contributed by atoms with van der Waals surface area (Å²) in [6.45, 7) is 2.19. The summed E-state index contributed by atoms with van der Waals surface area (Å²) in [6, 6.07) is 29.2. The quantitative estimate of drug-likeness (QED) is 0.317. The predicted octanol–water partition coefficient (Wildman–Crippen LogP) is 6.81. The molecule has 1 heteroatoms.